The van der Waals surface area contributed by atoms with Gasteiger partial charge >= 0.3 is 0 Å². The van der Waals surface area contributed by atoms with Gasteiger partial charge in [0.15, 0.2) is 17.2 Å². The minimum absolute atomic E-state index is 0.166. The average Bonchev–Trinajstić information content (AvgIpc) is 2.85. The quantitative estimate of drug-likeness (QED) is 0.476. The molecule has 0 bridgehead atoms. The van der Waals surface area contributed by atoms with Crippen LogP contribution in [0.1, 0.15) is 29.3 Å². The first-order valence-electron chi connectivity index (χ1n) is 11.9. The first-order valence-corrected chi connectivity index (χ1v) is 11.9. The number of nitrogens with zero attached hydrogens (tertiary/aromatic N) is 5. The minimum atomic E-state index is -3.18. The molecule has 1 spiro atoms. The molecule has 2 saturated heterocycles. The Bertz CT molecular complexity index is 1400. The molecule has 2 aliphatic rings. The number of nitriles is 1. The monoisotopic (exact) mass is 524 g/mol. The second kappa shape index (κ2) is 9.68. The molecule has 2 fully saturated rings. The van der Waals surface area contributed by atoms with E-state index in [1.54, 1.807) is 12.3 Å². The number of likely N-dealkylation sites (tertiary alicyclic amines) is 1. The Morgan fingerprint density at radius 1 is 1.11 bits per heavy atom. The van der Waals surface area contributed by atoms with Crippen molar-refractivity contribution in [2.75, 3.05) is 31.1 Å². The van der Waals surface area contributed by atoms with Crippen molar-refractivity contribution in [3.05, 3.63) is 89.0 Å². The van der Waals surface area contributed by atoms with Crippen LogP contribution in [-0.4, -0.2) is 53.4 Å². The molecule has 3 aromatic rings. The summed E-state index contributed by atoms with van der Waals surface area (Å²) < 4.78 is 56.5. The predicted octanol–water partition coefficient (Wildman–Crippen LogP) is 3.59. The van der Waals surface area contributed by atoms with Crippen LogP contribution in [0.4, 0.5) is 23.2 Å². The van der Waals surface area contributed by atoms with E-state index in [0.29, 0.717) is 18.2 Å². The Kier molecular flexibility index (Phi) is 6.53. The molecule has 38 heavy (non-hydrogen) atoms. The number of hydrogen-bond donors (Lipinski definition) is 1. The number of amides is 1. The summed E-state index contributed by atoms with van der Waals surface area (Å²) in [5.41, 5.74) is -0.519. The average molecular weight is 525 g/mol. The van der Waals surface area contributed by atoms with Crippen molar-refractivity contribution in [1.29, 1.82) is 5.26 Å². The van der Waals surface area contributed by atoms with Crippen LogP contribution in [0.2, 0.25) is 0 Å². The van der Waals surface area contributed by atoms with Crippen LogP contribution in [0.15, 0.2) is 55.0 Å². The summed E-state index contributed by atoms with van der Waals surface area (Å²) in [6.45, 7) is 5.08. The zero-order valence-electron chi connectivity index (χ0n) is 20.5. The molecular formula is C27H24F4N6O. The van der Waals surface area contributed by atoms with E-state index < -0.39 is 29.5 Å². The van der Waals surface area contributed by atoms with Crippen LogP contribution in [0.25, 0.3) is 0 Å². The molecule has 5 rings (SSSR count). The van der Waals surface area contributed by atoms with E-state index in [1.165, 1.54) is 18.5 Å². The van der Waals surface area contributed by atoms with E-state index in [9.17, 15) is 22.4 Å². The maximum absolute atomic E-state index is 14.5. The van der Waals surface area contributed by atoms with Gasteiger partial charge in [-0.1, -0.05) is 12.1 Å². The fraction of sp³-hybridized carbons (Fsp3) is 0.333. The smallest absolute Gasteiger partial charge is 0.271 e. The van der Waals surface area contributed by atoms with Crippen molar-refractivity contribution in [2.45, 2.75) is 25.4 Å². The Morgan fingerprint density at radius 2 is 1.87 bits per heavy atom. The highest BCUT2D eigenvalue weighted by atomic mass is 19.3. The zero-order valence-corrected chi connectivity index (χ0v) is 20.5. The fourth-order valence-electron chi connectivity index (χ4n) is 5.43. The van der Waals surface area contributed by atoms with E-state index >= 15 is 0 Å². The largest absolute Gasteiger partial charge is 0.369 e. The molecule has 7 nitrogen and oxygen atoms in total. The molecule has 1 N–H and O–H groups in total. The standard InChI is InChI=1S/C27H24F4N6O/c1-17(38)35-27(25(30)31,20-3-4-22(28)23(29)7-20)24-5-2-18(10-34-24)12-36-13-26(14-36)15-37(16-26)21-6-19(8-32)9-33-11-21/h2-7,9-11,25H,12-16H2,1H3,(H,35,38)/t27-/m0/s1. The zero-order chi connectivity index (χ0) is 27.1. The molecule has 4 heterocycles. The van der Waals surface area contributed by atoms with Crippen molar-refractivity contribution in [3.8, 4) is 6.07 Å². The van der Waals surface area contributed by atoms with Crippen LogP contribution in [0.5, 0.6) is 0 Å². The van der Waals surface area contributed by atoms with Gasteiger partial charge in [0.25, 0.3) is 6.43 Å². The molecule has 0 radical (unpaired) electrons. The van der Waals surface area contributed by atoms with Gasteiger partial charge in [0.05, 0.1) is 23.1 Å². The Labute approximate surface area is 216 Å². The number of benzene rings is 1. The Balaban J connectivity index is 1.27. The highest BCUT2D eigenvalue weighted by Gasteiger charge is 2.51. The number of halogens is 4. The van der Waals surface area contributed by atoms with E-state index in [2.05, 4.69) is 31.2 Å². The normalized spacial score (nSPS) is 17.9. The number of hydrogen-bond acceptors (Lipinski definition) is 6. The number of pyridine rings is 2. The lowest BCUT2D eigenvalue weighted by Gasteiger charge is -2.61. The highest BCUT2D eigenvalue weighted by Crippen LogP contribution is 2.42. The van der Waals surface area contributed by atoms with Gasteiger partial charge in [0, 0.05) is 57.5 Å². The minimum Gasteiger partial charge on any atom is -0.369 e. The van der Waals surface area contributed by atoms with Crippen molar-refractivity contribution in [3.63, 3.8) is 0 Å². The Morgan fingerprint density at radius 3 is 2.47 bits per heavy atom. The van der Waals surface area contributed by atoms with Crippen molar-refractivity contribution < 1.29 is 22.4 Å². The number of rotatable bonds is 7. The van der Waals surface area contributed by atoms with Gasteiger partial charge in [0.1, 0.15) is 6.07 Å². The first kappa shape index (κ1) is 25.6. The van der Waals surface area contributed by atoms with Gasteiger partial charge in [-0.25, -0.2) is 17.6 Å². The highest BCUT2D eigenvalue weighted by molar-refractivity contribution is 5.75. The van der Waals surface area contributed by atoms with Gasteiger partial charge in [-0.2, -0.15) is 5.26 Å². The molecule has 1 aromatic carbocycles. The number of carbonyl (C=O) groups excluding carboxylic acids is 1. The second-order valence-electron chi connectivity index (χ2n) is 10.0. The first-order chi connectivity index (χ1) is 18.1. The van der Waals surface area contributed by atoms with Crippen LogP contribution < -0.4 is 10.2 Å². The van der Waals surface area contributed by atoms with Crippen LogP contribution in [0.3, 0.4) is 0 Å². The molecule has 0 unspecified atom stereocenters. The van der Waals surface area contributed by atoms with Gasteiger partial charge in [0.2, 0.25) is 5.91 Å². The molecule has 1 amide bonds. The fourth-order valence-corrected chi connectivity index (χ4v) is 5.43. The predicted molar refractivity (Wildman–Crippen MR) is 130 cm³/mol. The van der Waals surface area contributed by atoms with E-state index in [0.717, 1.165) is 56.5 Å². The third-order valence-electron chi connectivity index (χ3n) is 7.10. The van der Waals surface area contributed by atoms with Gasteiger partial charge in [-0.05, 0) is 35.4 Å². The van der Waals surface area contributed by atoms with Gasteiger partial charge in [-0.15, -0.1) is 0 Å². The van der Waals surface area contributed by atoms with Crippen LogP contribution in [0, 0.1) is 28.4 Å². The third-order valence-corrected chi connectivity index (χ3v) is 7.10. The number of alkyl halides is 2. The van der Waals surface area contributed by atoms with Crippen LogP contribution in [-0.2, 0) is 16.9 Å². The molecular weight excluding hydrogens is 500 g/mol. The van der Waals surface area contributed by atoms with Gasteiger partial charge in [-0.3, -0.25) is 19.7 Å². The summed E-state index contributed by atoms with van der Waals surface area (Å²) >= 11 is 0. The lowest BCUT2D eigenvalue weighted by atomic mass is 9.72. The van der Waals surface area contributed by atoms with Crippen molar-refractivity contribution in [2.24, 2.45) is 5.41 Å². The molecule has 2 aliphatic heterocycles. The maximum atomic E-state index is 14.5. The Hall–Kier alpha value is -4.04. The third kappa shape index (κ3) is 4.56. The van der Waals surface area contributed by atoms with E-state index in [4.69, 9.17) is 5.26 Å². The summed E-state index contributed by atoms with van der Waals surface area (Å²) in [5, 5.41) is 11.3. The lowest BCUT2D eigenvalue weighted by Crippen LogP contribution is -2.72. The summed E-state index contributed by atoms with van der Waals surface area (Å²) in [7, 11) is 0. The molecule has 2 aromatic heterocycles. The number of anilines is 1. The van der Waals surface area contributed by atoms with Crippen molar-refractivity contribution in [1.82, 2.24) is 20.2 Å². The molecule has 11 heteroatoms. The summed E-state index contributed by atoms with van der Waals surface area (Å²) in [5.74, 6) is -3.25. The summed E-state index contributed by atoms with van der Waals surface area (Å²) in [4.78, 5) is 24.6. The molecule has 1 atom stereocenters. The summed E-state index contributed by atoms with van der Waals surface area (Å²) in [6, 6.07) is 9.37. The number of aromatic nitrogens is 2. The lowest BCUT2D eigenvalue weighted by molar-refractivity contribution is -0.122. The maximum Gasteiger partial charge on any atom is 0.271 e. The number of nitrogens with one attached hydrogen (secondary N) is 1. The molecule has 0 aliphatic carbocycles. The van der Waals surface area contributed by atoms with Crippen molar-refractivity contribution >= 4 is 11.6 Å². The van der Waals surface area contributed by atoms with Gasteiger partial charge < -0.3 is 10.2 Å². The van der Waals surface area contributed by atoms with E-state index in [-0.39, 0.29) is 16.7 Å². The number of carbonyl (C=O) groups is 1. The molecule has 0 saturated carbocycles. The SMILES string of the molecule is CC(=O)N[C@@](c1ccc(F)c(F)c1)(c1ccc(CN2CC3(C2)CN(c2cncc(C#N)c2)C3)cn1)C(F)F. The topological polar surface area (TPSA) is 85.2 Å². The summed E-state index contributed by atoms with van der Waals surface area (Å²) in [6.07, 6.45) is 1.56. The van der Waals surface area contributed by atoms with Crippen LogP contribution >= 0.6 is 0 Å². The molecule has 196 valence electrons. The van der Waals surface area contributed by atoms with E-state index in [1.807, 2.05) is 6.07 Å². The second-order valence-corrected chi connectivity index (χ2v) is 10.0.